The van der Waals surface area contributed by atoms with E-state index in [4.69, 9.17) is 18.9 Å². The number of thiazole rings is 1. The maximum absolute atomic E-state index is 12.7. The normalized spacial score (nSPS) is 19.6. The topological polar surface area (TPSA) is 82.2 Å². The molecule has 0 bridgehead atoms. The molecule has 0 radical (unpaired) electrons. The Bertz CT molecular complexity index is 821. The maximum atomic E-state index is 12.7. The molecule has 1 aromatic carbocycles. The van der Waals surface area contributed by atoms with E-state index in [1.54, 1.807) is 12.1 Å². The number of morpholine rings is 1. The molecule has 1 aliphatic rings. The van der Waals surface area contributed by atoms with Gasteiger partial charge in [0.2, 0.25) is 5.75 Å². The number of nitrogens with zero attached hydrogens (tertiary/aromatic N) is 2. The average Bonchev–Trinajstić information content (AvgIpc) is 3.12. The predicted molar refractivity (Wildman–Crippen MR) is 111 cm³/mol. The molecule has 1 saturated heterocycles. The highest BCUT2D eigenvalue weighted by molar-refractivity contribution is 7.14. The number of hydrogen-bond acceptors (Lipinski definition) is 8. The lowest BCUT2D eigenvalue weighted by molar-refractivity contribution is -0.0707. The first kappa shape index (κ1) is 21.4. The number of nitrogens with one attached hydrogen (secondary N) is 1. The zero-order chi connectivity index (χ0) is 21.0. The molecule has 8 nitrogen and oxygen atoms in total. The van der Waals surface area contributed by atoms with Gasteiger partial charge in [0, 0.05) is 30.6 Å². The van der Waals surface area contributed by atoms with E-state index in [9.17, 15) is 4.79 Å². The van der Waals surface area contributed by atoms with Crippen LogP contribution in [-0.4, -0.2) is 62.4 Å². The molecule has 2 atom stereocenters. The highest BCUT2D eigenvalue weighted by Gasteiger charge is 2.23. The number of methoxy groups -OCH3 is 3. The molecule has 1 fully saturated rings. The van der Waals surface area contributed by atoms with Gasteiger partial charge in [-0.05, 0) is 26.0 Å². The number of carbonyl (C=O) groups is 1. The van der Waals surface area contributed by atoms with Crippen LogP contribution in [0, 0.1) is 0 Å². The summed E-state index contributed by atoms with van der Waals surface area (Å²) < 4.78 is 21.7. The number of amides is 1. The standard InChI is InChI=1S/C20H27N3O5S/c1-12-8-23(9-13(2)28-12)10-15-11-29-20(21-15)22-19(24)14-6-16(25-3)18(27-5)17(7-14)26-4/h6-7,11-13H,8-10H2,1-5H3,(H,21,22,24)/t12-,13-/m1/s1. The molecule has 2 aromatic rings. The van der Waals surface area contributed by atoms with E-state index < -0.39 is 0 Å². The predicted octanol–water partition coefficient (Wildman–Crippen LogP) is 3.03. The molecule has 0 aliphatic carbocycles. The molecule has 2 heterocycles. The molecule has 1 aromatic heterocycles. The van der Waals surface area contributed by atoms with Crippen molar-refractivity contribution in [3.05, 3.63) is 28.8 Å². The maximum Gasteiger partial charge on any atom is 0.257 e. The van der Waals surface area contributed by atoms with Crippen LogP contribution in [0.2, 0.25) is 0 Å². The Hall–Kier alpha value is -2.36. The molecule has 9 heteroatoms. The van der Waals surface area contributed by atoms with Crippen molar-refractivity contribution in [3.63, 3.8) is 0 Å². The summed E-state index contributed by atoms with van der Waals surface area (Å²) in [5.41, 5.74) is 1.32. The highest BCUT2D eigenvalue weighted by Crippen LogP contribution is 2.38. The molecule has 29 heavy (non-hydrogen) atoms. The third-order valence-corrected chi connectivity index (χ3v) is 5.39. The van der Waals surface area contributed by atoms with Crippen molar-refractivity contribution < 1.29 is 23.7 Å². The molecular formula is C20H27N3O5S. The summed E-state index contributed by atoms with van der Waals surface area (Å²) >= 11 is 1.40. The first-order chi connectivity index (χ1) is 13.9. The van der Waals surface area contributed by atoms with Crippen molar-refractivity contribution in [2.45, 2.75) is 32.6 Å². The van der Waals surface area contributed by atoms with Gasteiger partial charge in [0.15, 0.2) is 16.6 Å². The summed E-state index contributed by atoms with van der Waals surface area (Å²) in [5.74, 6) is 0.996. The van der Waals surface area contributed by atoms with Crippen LogP contribution in [0.5, 0.6) is 17.2 Å². The van der Waals surface area contributed by atoms with Gasteiger partial charge in [-0.1, -0.05) is 0 Å². The minimum absolute atomic E-state index is 0.205. The van der Waals surface area contributed by atoms with E-state index in [0.29, 0.717) is 27.9 Å². The summed E-state index contributed by atoms with van der Waals surface area (Å²) in [4.78, 5) is 19.6. The Morgan fingerprint density at radius 1 is 1.17 bits per heavy atom. The number of aromatic nitrogens is 1. The zero-order valence-electron chi connectivity index (χ0n) is 17.4. The number of carbonyl (C=O) groups excluding carboxylic acids is 1. The Labute approximate surface area is 174 Å². The SMILES string of the molecule is COc1cc(C(=O)Nc2nc(CN3C[C@@H](C)O[C@H](C)C3)cs2)cc(OC)c1OC. The molecule has 1 amide bonds. The first-order valence-electron chi connectivity index (χ1n) is 9.37. The Morgan fingerprint density at radius 3 is 2.34 bits per heavy atom. The molecule has 0 unspecified atom stereocenters. The van der Waals surface area contributed by atoms with Gasteiger partial charge in [-0.3, -0.25) is 15.0 Å². The number of hydrogen-bond donors (Lipinski definition) is 1. The second-order valence-corrected chi connectivity index (χ2v) is 7.82. The smallest absolute Gasteiger partial charge is 0.257 e. The minimum Gasteiger partial charge on any atom is -0.493 e. The summed E-state index contributed by atoms with van der Waals surface area (Å²) in [5, 5.41) is 5.36. The number of rotatable bonds is 7. The van der Waals surface area contributed by atoms with Gasteiger partial charge in [-0.25, -0.2) is 4.98 Å². The van der Waals surface area contributed by atoms with Gasteiger partial charge in [-0.2, -0.15) is 0 Å². The van der Waals surface area contributed by atoms with Crippen molar-refractivity contribution >= 4 is 22.4 Å². The first-order valence-corrected chi connectivity index (χ1v) is 10.2. The van der Waals surface area contributed by atoms with E-state index in [1.807, 2.05) is 5.38 Å². The summed E-state index contributed by atoms with van der Waals surface area (Å²) in [6.07, 6.45) is 0.410. The lowest BCUT2D eigenvalue weighted by atomic mass is 10.1. The van der Waals surface area contributed by atoms with Crippen LogP contribution in [0.25, 0.3) is 0 Å². The van der Waals surface area contributed by atoms with Gasteiger partial charge >= 0.3 is 0 Å². The third kappa shape index (κ3) is 5.17. The fourth-order valence-electron chi connectivity index (χ4n) is 3.46. The second kappa shape index (κ2) is 9.43. The molecule has 1 N–H and O–H groups in total. The van der Waals surface area contributed by atoms with Gasteiger partial charge in [-0.15, -0.1) is 11.3 Å². The minimum atomic E-state index is -0.293. The second-order valence-electron chi connectivity index (χ2n) is 6.96. The zero-order valence-corrected chi connectivity index (χ0v) is 18.2. The molecule has 1 aliphatic heterocycles. The average molecular weight is 422 g/mol. The van der Waals surface area contributed by atoms with Crippen LogP contribution < -0.4 is 19.5 Å². The lowest BCUT2D eigenvalue weighted by Crippen LogP contribution is -2.44. The van der Waals surface area contributed by atoms with E-state index in [0.717, 1.165) is 25.3 Å². The fraction of sp³-hybridized carbons (Fsp3) is 0.500. The van der Waals surface area contributed by atoms with Gasteiger partial charge < -0.3 is 18.9 Å². The van der Waals surface area contributed by atoms with Crippen LogP contribution in [0.3, 0.4) is 0 Å². The highest BCUT2D eigenvalue weighted by atomic mass is 32.1. The van der Waals surface area contributed by atoms with E-state index in [1.165, 1.54) is 32.7 Å². The molecular weight excluding hydrogens is 394 g/mol. The van der Waals surface area contributed by atoms with Crippen LogP contribution in [0.1, 0.15) is 29.9 Å². The van der Waals surface area contributed by atoms with E-state index in [-0.39, 0.29) is 18.1 Å². The number of benzene rings is 1. The van der Waals surface area contributed by atoms with Crippen molar-refractivity contribution in [1.29, 1.82) is 0 Å². The van der Waals surface area contributed by atoms with Crippen LogP contribution >= 0.6 is 11.3 Å². The number of ether oxygens (including phenoxy) is 4. The van der Waals surface area contributed by atoms with Crippen LogP contribution in [0.15, 0.2) is 17.5 Å². The van der Waals surface area contributed by atoms with Crippen molar-refractivity contribution in [3.8, 4) is 17.2 Å². The summed E-state index contributed by atoms with van der Waals surface area (Å²) in [7, 11) is 4.55. The molecule has 3 rings (SSSR count). The molecule has 0 saturated carbocycles. The third-order valence-electron chi connectivity index (χ3n) is 4.58. The molecule has 0 spiro atoms. The van der Waals surface area contributed by atoms with Crippen LogP contribution in [0.4, 0.5) is 5.13 Å². The summed E-state index contributed by atoms with van der Waals surface area (Å²) in [6, 6.07) is 3.23. The number of anilines is 1. The van der Waals surface area contributed by atoms with Gasteiger partial charge in [0.1, 0.15) is 0 Å². The Morgan fingerprint density at radius 2 is 1.79 bits per heavy atom. The quantitative estimate of drug-likeness (QED) is 0.736. The van der Waals surface area contributed by atoms with Gasteiger partial charge in [0.25, 0.3) is 5.91 Å². The van der Waals surface area contributed by atoms with Crippen molar-refractivity contribution in [2.24, 2.45) is 0 Å². The summed E-state index contributed by atoms with van der Waals surface area (Å²) in [6.45, 7) is 6.62. The molecule has 158 valence electrons. The fourth-order valence-corrected chi connectivity index (χ4v) is 4.16. The van der Waals surface area contributed by atoms with E-state index in [2.05, 4.69) is 29.0 Å². The van der Waals surface area contributed by atoms with Crippen molar-refractivity contribution in [2.75, 3.05) is 39.7 Å². The van der Waals surface area contributed by atoms with Crippen molar-refractivity contribution in [1.82, 2.24) is 9.88 Å². The monoisotopic (exact) mass is 421 g/mol. The van der Waals surface area contributed by atoms with Gasteiger partial charge in [0.05, 0.1) is 39.2 Å². The Kier molecular flexibility index (Phi) is 6.94. The Balaban J connectivity index is 1.69. The largest absolute Gasteiger partial charge is 0.493 e. The van der Waals surface area contributed by atoms with Crippen LogP contribution in [-0.2, 0) is 11.3 Å². The lowest BCUT2D eigenvalue weighted by Gasteiger charge is -2.34. The van der Waals surface area contributed by atoms with E-state index >= 15 is 0 Å².